The highest BCUT2D eigenvalue weighted by molar-refractivity contribution is 4.49. The van der Waals surface area contributed by atoms with Gasteiger partial charge in [-0.2, -0.15) is 0 Å². The first-order chi connectivity index (χ1) is 2.39. The van der Waals surface area contributed by atoms with Crippen molar-refractivity contribution in [3.8, 4) is 0 Å². The first kappa shape index (κ1) is 3.09. The minimum atomic E-state index is -0.935. The van der Waals surface area contributed by atoms with Gasteiger partial charge >= 0.3 is 0 Å². The second-order valence-electron chi connectivity index (χ2n) is 1.07. The van der Waals surface area contributed by atoms with Crippen LogP contribution in [-0.4, -0.2) is 13.0 Å². The van der Waals surface area contributed by atoms with Crippen LogP contribution in [0.2, 0.25) is 0 Å². The van der Waals surface area contributed by atoms with Gasteiger partial charge in [0.05, 0.1) is 6.61 Å². The highest BCUT2D eigenvalue weighted by atomic mass is 19.1. The topological polar surface area (TPSA) is 9.23 Å². The number of halogens is 1. The molecule has 1 aliphatic rings. The molecule has 0 aromatic carbocycles. The maximum absolute atomic E-state index is 11.3. The second kappa shape index (κ2) is 0.937. The molecular formula is C3H5FO. The molecule has 30 valence electrons. The van der Waals surface area contributed by atoms with Gasteiger partial charge in [-0.25, -0.2) is 4.39 Å². The van der Waals surface area contributed by atoms with E-state index in [2.05, 4.69) is 4.74 Å². The Labute approximate surface area is 29.7 Å². The van der Waals surface area contributed by atoms with E-state index in [0.29, 0.717) is 13.0 Å². The van der Waals surface area contributed by atoms with E-state index in [4.69, 9.17) is 0 Å². The normalized spacial score (nSPS) is 36.6. The van der Waals surface area contributed by atoms with Crippen molar-refractivity contribution in [2.24, 2.45) is 0 Å². The summed E-state index contributed by atoms with van der Waals surface area (Å²) in [5, 5.41) is 0. The quantitative estimate of drug-likeness (QED) is 0.412. The fraction of sp³-hybridized carbons (Fsp3) is 1.00. The summed E-state index contributed by atoms with van der Waals surface area (Å²) < 4.78 is 15.6. The van der Waals surface area contributed by atoms with Gasteiger partial charge in [-0.05, 0) is 0 Å². The van der Waals surface area contributed by atoms with E-state index in [-0.39, 0.29) is 0 Å². The first-order valence-electron chi connectivity index (χ1n) is 1.65. The van der Waals surface area contributed by atoms with E-state index in [1.807, 2.05) is 0 Å². The van der Waals surface area contributed by atoms with Crippen LogP contribution in [0.25, 0.3) is 0 Å². The van der Waals surface area contributed by atoms with Gasteiger partial charge < -0.3 is 4.74 Å². The van der Waals surface area contributed by atoms with Crippen LogP contribution in [-0.2, 0) is 4.74 Å². The molecule has 1 rings (SSSR count). The Kier molecular flexibility index (Phi) is 0.580. The van der Waals surface area contributed by atoms with Crippen molar-refractivity contribution in [3.63, 3.8) is 0 Å². The highest BCUT2D eigenvalue weighted by Gasteiger charge is 2.14. The summed E-state index contributed by atoms with van der Waals surface area (Å²) in [6.07, 6.45) is -0.338. The van der Waals surface area contributed by atoms with E-state index in [1.165, 1.54) is 0 Å². The zero-order valence-electron chi connectivity index (χ0n) is 2.78. The highest BCUT2D eigenvalue weighted by Crippen LogP contribution is 2.09. The largest absolute Gasteiger partial charge is 0.348 e. The number of rotatable bonds is 0. The van der Waals surface area contributed by atoms with Crippen LogP contribution >= 0.6 is 0 Å². The molecule has 1 fully saturated rings. The van der Waals surface area contributed by atoms with Gasteiger partial charge in [0.15, 0.2) is 0 Å². The second-order valence-corrected chi connectivity index (χ2v) is 1.07. The van der Waals surface area contributed by atoms with Crippen molar-refractivity contribution in [1.82, 2.24) is 0 Å². The average Bonchev–Trinajstić information content (AvgIpc) is 1.30. The van der Waals surface area contributed by atoms with Crippen LogP contribution in [0.4, 0.5) is 4.39 Å². The molecule has 1 saturated heterocycles. The van der Waals surface area contributed by atoms with Gasteiger partial charge in [-0.15, -0.1) is 0 Å². The Morgan fingerprint density at radius 1 is 1.80 bits per heavy atom. The molecule has 2 heteroatoms. The molecule has 1 heterocycles. The van der Waals surface area contributed by atoms with E-state index in [9.17, 15) is 4.39 Å². The number of ether oxygens (including phenoxy) is 1. The maximum Gasteiger partial charge on any atom is 0.200 e. The summed E-state index contributed by atoms with van der Waals surface area (Å²) in [6.45, 7) is 0.612. The molecule has 0 aromatic heterocycles. The van der Waals surface area contributed by atoms with E-state index >= 15 is 0 Å². The van der Waals surface area contributed by atoms with Gasteiger partial charge in [0, 0.05) is 6.42 Å². The first-order valence-corrected chi connectivity index (χ1v) is 1.65. The predicted octanol–water partition coefficient (Wildman–Crippen LogP) is 0.702. The van der Waals surface area contributed by atoms with Crippen molar-refractivity contribution in [2.75, 3.05) is 6.61 Å². The van der Waals surface area contributed by atoms with Gasteiger partial charge in [0.1, 0.15) is 0 Å². The Bertz CT molecular complexity index is 33.9. The minimum Gasteiger partial charge on any atom is -0.348 e. The van der Waals surface area contributed by atoms with Crippen molar-refractivity contribution in [1.29, 1.82) is 0 Å². The Morgan fingerprint density at radius 3 is 2.20 bits per heavy atom. The van der Waals surface area contributed by atoms with Crippen molar-refractivity contribution in [3.05, 3.63) is 0 Å². The van der Waals surface area contributed by atoms with Gasteiger partial charge in [-0.1, -0.05) is 0 Å². The number of hydrogen-bond acceptors (Lipinski definition) is 1. The molecule has 0 aliphatic carbocycles. The fourth-order valence-electron chi connectivity index (χ4n) is 0.207. The summed E-state index contributed by atoms with van der Waals surface area (Å²) >= 11 is 0. The molecular weight excluding hydrogens is 71.0 g/mol. The van der Waals surface area contributed by atoms with Crippen LogP contribution < -0.4 is 0 Å². The standard InChI is InChI=1S/C3H5FO/c4-3-1-2-5-3/h3H,1-2H2/t3-/m1/s1. The van der Waals surface area contributed by atoms with Crippen LogP contribution in [0.5, 0.6) is 0 Å². The monoisotopic (exact) mass is 76.0 g/mol. The summed E-state index contributed by atoms with van der Waals surface area (Å²) in [5.74, 6) is 0. The van der Waals surface area contributed by atoms with Gasteiger partial charge in [0.2, 0.25) is 6.36 Å². The Hall–Kier alpha value is -0.110. The van der Waals surface area contributed by atoms with Gasteiger partial charge in [-0.3, -0.25) is 0 Å². The number of alkyl halides is 1. The molecule has 1 nitrogen and oxygen atoms in total. The van der Waals surface area contributed by atoms with Crippen molar-refractivity contribution < 1.29 is 9.13 Å². The summed E-state index contributed by atoms with van der Waals surface area (Å²) in [6, 6.07) is 0. The molecule has 0 amide bonds. The zero-order valence-corrected chi connectivity index (χ0v) is 2.78. The summed E-state index contributed by atoms with van der Waals surface area (Å²) in [5.41, 5.74) is 0. The molecule has 0 N–H and O–H groups in total. The van der Waals surface area contributed by atoms with Crippen molar-refractivity contribution in [2.45, 2.75) is 12.8 Å². The molecule has 0 aromatic rings. The lowest BCUT2D eigenvalue weighted by Crippen LogP contribution is -2.20. The molecule has 0 unspecified atom stereocenters. The molecule has 0 bridgehead atoms. The van der Waals surface area contributed by atoms with E-state index < -0.39 is 6.36 Å². The Morgan fingerprint density at radius 2 is 2.20 bits per heavy atom. The zero-order chi connectivity index (χ0) is 3.70. The lowest BCUT2D eigenvalue weighted by molar-refractivity contribution is -0.131. The van der Waals surface area contributed by atoms with Crippen LogP contribution in [0, 0.1) is 0 Å². The third-order valence-corrected chi connectivity index (χ3v) is 0.644. The van der Waals surface area contributed by atoms with Crippen LogP contribution in [0.15, 0.2) is 0 Å². The summed E-state index contributed by atoms with van der Waals surface area (Å²) in [4.78, 5) is 0. The predicted molar refractivity (Wildman–Crippen MR) is 15.5 cm³/mol. The smallest absolute Gasteiger partial charge is 0.200 e. The number of hydrogen-bond donors (Lipinski definition) is 0. The van der Waals surface area contributed by atoms with Crippen LogP contribution in [0.3, 0.4) is 0 Å². The molecule has 5 heavy (non-hydrogen) atoms. The lowest BCUT2D eigenvalue weighted by atomic mass is 10.4. The van der Waals surface area contributed by atoms with Crippen molar-refractivity contribution >= 4 is 0 Å². The average molecular weight is 76.1 g/mol. The van der Waals surface area contributed by atoms with Gasteiger partial charge in [0.25, 0.3) is 0 Å². The van der Waals surface area contributed by atoms with E-state index in [0.717, 1.165) is 0 Å². The lowest BCUT2D eigenvalue weighted by Gasteiger charge is -2.16. The molecule has 1 aliphatic heterocycles. The molecule has 0 saturated carbocycles. The molecule has 0 radical (unpaired) electrons. The maximum atomic E-state index is 11.3. The van der Waals surface area contributed by atoms with Crippen LogP contribution in [0.1, 0.15) is 6.42 Å². The SMILES string of the molecule is F[C@H]1CCO1. The third kappa shape index (κ3) is 0.401. The molecule has 1 atom stereocenters. The third-order valence-electron chi connectivity index (χ3n) is 0.644. The fourth-order valence-corrected chi connectivity index (χ4v) is 0.207. The molecule has 0 spiro atoms. The minimum absolute atomic E-state index is 0.597. The Balaban J connectivity index is 2.08. The summed E-state index contributed by atoms with van der Waals surface area (Å²) in [7, 11) is 0. The van der Waals surface area contributed by atoms with E-state index in [1.54, 1.807) is 0 Å².